The van der Waals surface area contributed by atoms with E-state index in [4.69, 9.17) is 0 Å². The second kappa shape index (κ2) is 8.40. The highest BCUT2D eigenvalue weighted by atomic mass is 16.2. The van der Waals surface area contributed by atoms with Crippen LogP contribution in [0.25, 0.3) is 6.08 Å². The first kappa shape index (κ1) is 19.7. The summed E-state index contributed by atoms with van der Waals surface area (Å²) in [7, 11) is 0. The molecule has 9 heteroatoms. The Balaban J connectivity index is 1.46. The molecule has 154 valence electrons. The third-order valence-corrected chi connectivity index (χ3v) is 4.92. The number of H-pyrrole nitrogens is 1. The van der Waals surface area contributed by atoms with Crippen LogP contribution in [0.2, 0.25) is 0 Å². The molecule has 1 unspecified atom stereocenters. The van der Waals surface area contributed by atoms with E-state index in [-0.39, 0.29) is 11.8 Å². The fraction of sp³-hybridized carbons (Fsp3) is 0.333. The molecular formula is C21H24N8O. The van der Waals surface area contributed by atoms with E-state index in [0.717, 1.165) is 29.2 Å². The average Bonchev–Trinajstić information content (AvgIpc) is 3.37. The molecule has 1 fully saturated rings. The van der Waals surface area contributed by atoms with Gasteiger partial charge in [-0.05, 0) is 39.3 Å². The third kappa shape index (κ3) is 4.68. The van der Waals surface area contributed by atoms with Crippen molar-refractivity contribution in [1.29, 1.82) is 0 Å². The molecule has 1 atom stereocenters. The van der Waals surface area contributed by atoms with Crippen molar-refractivity contribution in [2.24, 2.45) is 0 Å². The van der Waals surface area contributed by atoms with Crippen molar-refractivity contribution in [3.63, 3.8) is 0 Å². The van der Waals surface area contributed by atoms with E-state index in [1.807, 2.05) is 37.8 Å². The molecule has 0 bridgehead atoms. The highest BCUT2D eigenvalue weighted by Gasteiger charge is 2.27. The summed E-state index contributed by atoms with van der Waals surface area (Å²) in [6, 6.07) is 3.85. The first-order chi connectivity index (χ1) is 14.5. The van der Waals surface area contributed by atoms with Crippen LogP contribution >= 0.6 is 0 Å². The zero-order chi connectivity index (χ0) is 21.1. The summed E-state index contributed by atoms with van der Waals surface area (Å²) in [4.78, 5) is 39.1. The topological polar surface area (TPSA) is 113 Å². The molecule has 0 saturated carbocycles. The van der Waals surface area contributed by atoms with Gasteiger partial charge in [-0.15, -0.1) is 0 Å². The van der Waals surface area contributed by atoms with Gasteiger partial charge in [0, 0.05) is 42.5 Å². The molecule has 9 nitrogen and oxygen atoms in total. The van der Waals surface area contributed by atoms with Crippen molar-refractivity contribution in [3.05, 3.63) is 59.3 Å². The number of hydrogen-bond acceptors (Lipinski definition) is 7. The summed E-state index contributed by atoms with van der Waals surface area (Å²) < 4.78 is 0. The quantitative estimate of drug-likeness (QED) is 0.629. The van der Waals surface area contributed by atoms with Crippen LogP contribution in [0.3, 0.4) is 0 Å². The van der Waals surface area contributed by atoms with Gasteiger partial charge in [0.25, 0.3) is 0 Å². The lowest BCUT2D eigenvalue weighted by molar-refractivity contribution is -0.124. The van der Waals surface area contributed by atoms with Gasteiger partial charge < -0.3 is 15.2 Å². The summed E-state index contributed by atoms with van der Waals surface area (Å²) in [6.45, 7) is 7.05. The van der Waals surface area contributed by atoms with Crippen LogP contribution in [0.4, 0.5) is 11.8 Å². The maximum absolute atomic E-state index is 12.5. The minimum absolute atomic E-state index is 0.0140. The zero-order valence-corrected chi connectivity index (χ0v) is 17.3. The van der Waals surface area contributed by atoms with Crippen molar-refractivity contribution in [2.45, 2.75) is 33.1 Å². The van der Waals surface area contributed by atoms with E-state index in [2.05, 4.69) is 35.2 Å². The number of imidazole rings is 1. The predicted octanol–water partition coefficient (Wildman–Crippen LogP) is 2.69. The van der Waals surface area contributed by atoms with Crippen LogP contribution in [0.15, 0.2) is 30.7 Å². The minimum Gasteiger partial charge on any atom is -0.345 e. The number of likely N-dealkylation sites (tertiary alicyclic amines) is 1. The van der Waals surface area contributed by atoms with Gasteiger partial charge in [0.1, 0.15) is 11.6 Å². The number of carbonyl (C=O) groups excluding carboxylic acids is 1. The van der Waals surface area contributed by atoms with Crippen LogP contribution in [0.5, 0.6) is 0 Å². The Labute approximate surface area is 174 Å². The van der Waals surface area contributed by atoms with Gasteiger partial charge in [0.15, 0.2) is 0 Å². The maximum atomic E-state index is 12.5. The van der Waals surface area contributed by atoms with E-state index in [9.17, 15) is 4.79 Å². The fourth-order valence-electron chi connectivity index (χ4n) is 3.59. The van der Waals surface area contributed by atoms with Crippen molar-refractivity contribution in [1.82, 2.24) is 34.8 Å². The van der Waals surface area contributed by atoms with E-state index in [1.165, 1.54) is 0 Å². The van der Waals surface area contributed by atoms with Crippen molar-refractivity contribution in [2.75, 3.05) is 18.4 Å². The number of anilines is 2. The first-order valence-electron chi connectivity index (χ1n) is 9.86. The van der Waals surface area contributed by atoms with Crippen molar-refractivity contribution in [3.8, 4) is 0 Å². The molecule has 0 spiro atoms. The molecule has 2 N–H and O–H groups in total. The summed E-state index contributed by atoms with van der Waals surface area (Å²) >= 11 is 0. The normalized spacial score (nSPS) is 16.4. The second-order valence-corrected chi connectivity index (χ2v) is 7.43. The summed E-state index contributed by atoms with van der Waals surface area (Å²) in [5, 5.41) is 3.19. The Morgan fingerprint density at radius 3 is 2.70 bits per heavy atom. The van der Waals surface area contributed by atoms with Crippen LogP contribution in [0.1, 0.15) is 40.9 Å². The lowest BCUT2D eigenvalue weighted by Crippen LogP contribution is -2.26. The van der Waals surface area contributed by atoms with Gasteiger partial charge in [0.05, 0.1) is 23.9 Å². The van der Waals surface area contributed by atoms with Gasteiger partial charge in [-0.2, -0.15) is 0 Å². The minimum atomic E-state index is -0.0140. The molecule has 4 rings (SSSR count). The smallest absolute Gasteiger partial charge is 0.246 e. The summed E-state index contributed by atoms with van der Waals surface area (Å²) in [5.41, 5.74) is 3.50. The Hall–Kier alpha value is -3.62. The number of nitrogens with zero attached hydrogens (tertiary/aromatic N) is 6. The van der Waals surface area contributed by atoms with Crippen molar-refractivity contribution < 1.29 is 4.79 Å². The van der Waals surface area contributed by atoms with E-state index < -0.39 is 0 Å². The number of aromatic nitrogens is 6. The van der Waals surface area contributed by atoms with Gasteiger partial charge in [-0.1, -0.05) is 0 Å². The Morgan fingerprint density at radius 1 is 1.17 bits per heavy atom. The number of nitrogens with one attached hydrogen (secondary N) is 2. The van der Waals surface area contributed by atoms with Crippen molar-refractivity contribution >= 4 is 23.7 Å². The molecule has 4 heterocycles. The number of hydrogen-bond donors (Lipinski definition) is 2. The second-order valence-electron chi connectivity index (χ2n) is 7.43. The molecule has 0 radical (unpaired) electrons. The molecule has 1 aliphatic rings. The largest absolute Gasteiger partial charge is 0.345 e. The fourth-order valence-corrected chi connectivity index (χ4v) is 3.59. The summed E-state index contributed by atoms with van der Waals surface area (Å²) in [6.07, 6.45) is 7.44. The highest BCUT2D eigenvalue weighted by molar-refractivity contribution is 5.91. The lowest BCUT2D eigenvalue weighted by Gasteiger charge is -2.15. The maximum Gasteiger partial charge on any atom is 0.246 e. The van der Waals surface area contributed by atoms with Gasteiger partial charge in [-0.25, -0.2) is 24.9 Å². The molecule has 30 heavy (non-hydrogen) atoms. The molecule has 1 aliphatic heterocycles. The molecular weight excluding hydrogens is 380 g/mol. The number of rotatable bonds is 5. The molecule has 1 amide bonds. The molecule has 3 aromatic heterocycles. The van der Waals surface area contributed by atoms with Gasteiger partial charge in [-0.3, -0.25) is 4.79 Å². The monoisotopic (exact) mass is 404 g/mol. The van der Waals surface area contributed by atoms with Gasteiger partial charge >= 0.3 is 0 Å². The average molecular weight is 404 g/mol. The summed E-state index contributed by atoms with van der Waals surface area (Å²) in [5.74, 6) is 2.00. The lowest BCUT2D eigenvalue weighted by atomic mass is 10.0. The molecule has 0 aromatic carbocycles. The first-order valence-corrected chi connectivity index (χ1v) is 9.86. The number of aromatic amines is 1. The predicted molar refractivity (Wildman–Crippen MR) is 113 cm³/mol. The highest BCUT2D eigenvalue weighted by Crippen LogP contribution is 2.28. The van der Waals surface area contributed by atoms with Gasteiger partial charge in [0.2, 0.25) is 11.9 Å². The van der Waals surface area contributed by atoms with E-state index in [1.54, 1.807) is 24.7 Å². The standard InChI is InChI=1S/C21H24N8O/c1-13-8-14(2)25-21(24-13)28-19-9-18(26-15(3)27-19)16-6-7-29(11-16)20(30)5-4-17-10-22-12-23-17/h4-5,8-10,12,16H,6-7,11H2,1-3H3,(H,22,23)(H,24,25,26,27,28)/b5-4+. The number of carbonyl (C=O) groups is 1. The molecule has 3 aromatic rings. The Kier molecular flexibility index (Phi) is 5.51. The number of aryl methyl sites for hydroxylation is 3. The third-order valence-electron chi connectivity index (χ3n) is 4.92. The van der Waals surface area contributed by atoms with Crippen LogP contribution in [-0.2, 0) is 4.79 Å². The van der Waals surface area contributed by atoms with Crippen LogP contribution in [-0.4, -0.2) is 53.8 Å². The van der Waals surface area contributed by atoms with E-state index in [0.29, 0.717) is 30.7 Å². The van der Waals surface area contributed by atoms with Crippen LogP contribution < -0.4 is 5.32 Å². The molecule has 1 saturated heterocycles. The number of amides is 1. The Bertz CT molecular complexity index is 1060. The molecule has 0 aliphatic carbocycles. The SMILES string of the molecule is Cc1cc(C)nc(Nc2cc(C3CCN(C(=O)/C=C/c4cnc[nH]4)C3)nc(C)n2)n1. The van der Waals surface area contributed by atoms with Crippen LogP contribution in [0, 0.1) is 20.8 Å². The zero-order valence-electron chi connectivity index (χ0n) is 17.3. The van der Waals surface area contributed by atoms with E-state index >= 15 is 0 Å². The Morgan fingerprint density at radius 2 is 1.97 bits per heavy atom.